The lowest BCUT2D eigenvalue weighted by Crippen LogP contribution is -2.00. The summed E-state index contributed by atoms with van der Waals surface area (Å²) in [6.45, 7) is 8.35. The molecule has 4 heteroatoms. The van der Waals surface area contributed by atoms with Gasteiger partial charge in [-0.05, 0) is 72.1 Å². The molecule has 0 fully saturated rings. The number of benzene rings is 2. The molecule has 0 radical (unpaired) electrons. The third-order valence-electron chi connectivity index (χ3n) is 4.48. The molecule has 0 heterocycles. The van der Waals surface area contributed by atoms with Crippen LogP contribution in [0.2, 0.25) is 0 Å². The molecule has 0 aliphatic heterocycles. The number of hydrogen-bond acceptors (Lipinski definition) is 2. The van der Waals surface area contributed by atoms with E-state index in [1.165, 1.54) is 22.3 Å². The van der Waals surface area contributed by atoms with Crippen LogP contribution in [-0.2, 0) is 17.4 Å². The Hall–Kier alpha value is -1.57. The van der Waals surface area contributed by atoms with Crippen LogP contribution in [0.5, 0.6) is 5.75 Å². The summed E-state index contributed by atoms with van der Waals surface area (Å²) in [5.74, 6) is 0.646. The second-order valence-electron chi connectivity index (χ2n) is 6.83. The minimum absolute atomic E-state index is 0.288. The van der Waals surface area contributed by atoms with Crippen molar-refractivity contribution in [2.45, 2.75) is 46.5 Å². The summed E-state index contributed by atoms with van der Waals surface area (Å²) >= 11 is 0. The molecule has 0 saturated heterocycles. The maximum Gasteiger partial charge on any atom is 0.189 e. The van der Waals surface area contributed by atoms with Crippen molar-refractivity contribution in [1.82, 2.24) is 0 Å². The molecule has 3 nitrogen and oxygen atoms in total. The first-order chi connectivity index (χ1) is 11.3. The summed E-state index contributed by atoms with van der Waals surface area (Å²) in [7, 11) is -2.41. The largest absolute Gasteiger partial charge is 0.508 e. The molecule has 0 aliphatic rings. The standard InChI is InChI=1S/C20H27O3P/c1-13(2)18-11-16(5-6-20(18)21)12-19-14(3)9-17(10-15(19)4)7-8-24(22)23/h5-6,9-11,13,21,24H,7-8,12H2,1-4H3,(H,22,23). The molecule has 1 unspecified atom stereocenters. The Balaban J connectivity index is 2.27. The van der Waals surface area contributed by atoms with E-state index >= 15 is 0 Å². The molecule has 2 rings (SSSR count). The fourth-order valence-corrected chi connectivity index (χ4v) is 3.64. The van der Waals surface area contributed by atoms with Gasteiger partial charge in [-0.2, -0.15) is 0 Å². The second-order valence-corrected chi connectivity index (χ2v) is 8.11. The molecule has 130 valence electrons. The third-order valence-corrected chi connectivity index (χ3v) is 5.16. The Morgan fingerprint density at radius 1 is 1.04 bits per heavy atom. The van der Waals surface area contributed by atoms with E-state index in [9.17, 15) is 9.67 Å². The molecule has 0 saturated carbocycles. The van der Waals surface area contributed by atoms with Gasteiger partial charge in [-0.15, -0.1) is 0 Å². The van der Waals surface area contributed by atoms with Gasteiger partial charge in [0.25, 0.3) is 0 Å². The number of aryl methyl sites for hydroxylation is 3. The number of hydrogen-bond donors (Lipinski definition) is 2. The number of phenolic OH excluding ortho intramolecular Hbond substituents is 1. The minimum atomic E-state index is -2.41. The summed E-state index contributed by atoms with van der Waals surface area (Å²) < 4.78 is 10.9. The number of rotatable bonds is 6. The fourth-order valence-electron chi connectivity index (χ4n) is 3.14. The lowest BCUT2D eigenvalue weighted by molar-refractivity contribution is 0.464. The quantitative estimate of drug-likeness (QED) is 0.743. The molecule has 2 aromatic rings. The van der Waals surface area contributed by atoms with Crippen molar-refractivity contribution in [2.75, 3.05) is 6.16 Å². The van der Waals surface area contributed by atoms with E-state index in [2.05, 4.69) is 45.9 Å². The SMILES string of the molecule is Cc1cc(CC[PH](=O)O)cc(C)c1Cc1ccc(O)c(C(C)C)c1. The van der Waals surface area contributed by atoms with E-state index in [4.69, 9.17) is 4.89 Å². The Bertz CT molecular complexity index is 728. The van der Waals surface area contributed by atoms with Crippen molar-refractivity contribution in [3.63, 3.8) is 0 Å². The predicted molar refractivity (Wildman–Crippen MR) is 101 cm³/mol. The van der Waals surface area contributed by atoms with Crippen molar-refractivity contribution in [3.05, 3.63) is 63.7 Å². The summed E-state index contributed by atoms with van der Waals surface area (Å²) in [5, 5.41) is 9.98. The van der Waals surface area contributed by atoms with Crippen LogP contribution in [0.25, 0.3) is 0 Å². The van der Waals surface area contributed by atoms with Crippen LogP contribution in [-0.4, -0.2) is 16.2 Å². The monoisotopic (exact) mass is 346 g/mol. The van der Waals surface area contributed by atoms with Crippen LogP contribution < -0.4 is 0 Å². The highest BCUT2D eigenvalue weighted by Crippen LogP contribution is 2.29. The smallest absolute Gasteiger partial charge is 0.189 e. The van der Waals surface area contributed by atoms with Crippen molar-refractivity contribution < 1.29 is 14.6 Å². The summed E-state index contributed by atoms with van der Waals surface area (Å²) in [4.78, 5) is 9.02. The first-order valence-corrected chi connectivity index (χ1v) is 9.96. The van der Waals surface area contributed by atoms with Gasteiger partial charge in [-0.1, -0.05) is 38.1 Å². The topological polar surface area (TPSA) is 57.5 Å². The lowest BCUT2D eigenvalue weighted by atomic mass is 9.91. The Kier molecular flexibility index (Phi) is 6.26. The first kappa shape index (κ1) is 18.8. The predicted octanol–water partition coefficient (Wildman–Crippen LogP) is 4.73. The van der Waals surface area contributed by atoms with Gasteiger partial charge in [-0.25, -0.2) is 0 Å². The molecule has 2 aromatic carbocycles. The molecule has 24 heavy (non-hydrogen) atoms. The lowest BCUT2D eigenvalue weighted by Gasteiger charge is -2.15. The van der Waals surface area contributed by atoms with E-state index < -0.39 is 8.03 Å². The zero-order chi connectivity index (χ0) is 17.9. The number of aromatic hydroxyl groups is 1. The fraction of sp³-hybridized carbons (Fsp3) is 0.400. The molecule has 2 N–H and O–H groups in total. The molecule has 0 aliphatic carbocycles. The number of phenols is 1. The zero-order valence-corrected chi connectivity index (χ0v) is 15.9. The average Bonchev–Trinajstić information content (AvgIpc) is 2.50. The van der Waals surface area contributed by atoms with Crippen LogP contribution in [0.4, 0.5) is 0 Å². The maximum absolute atomic E-state index is 10.9. The van der Waals surface area contributed by atoms with Crippen LogP contribution in [0.1, 0.15) is 53.1 Å². The van der Waals surface area contributed by atoms with Crippen molar-refractivity contribution >= 4 is 8.03 Å². The van der Waals surface area contributed by atoms with Gasteiger partial charge in [0.05, 0.1) is 0 Å². The third kappa shape index (κ3) is 4.72. The van der Waals surface area contributed by atoms with Gasteiger partial charge in [0.15, 0.2) is 8.03 Å². The normalized spacial score (nSPS) is 12.6. The van der Waals surface area contributed by atoms with Gasteiger partial charge in [0.1, 0.15) is 5.75 Å². The van der Waals surface area contributed by atoms with E-state index in [0.717, 1.165) is 17.5 Å². The van der Waals surface area contributed by atoms with Gasteiger partial charge < -0.3 is 10.00 Å². The van der Waals surface area contributed by atoms with Crippen molar-refractivity contribution in [1.29, 1.82) is 0 Å². The van der Waals surface area contributed by atoms with Crippen molar-refractivity contribution in [3.8, 4) is 5.75 Å². The van der Waals surface area contributed by atoms with Crippen LogP contribution in [0, 0.1) is 13.8 Å². The van der Waals surface area contributed by atoms with Crippen LogP contribution in [0.3, 0.4) is 0 Å². The zero-order valence-electron chi connectivity index (χ0n) is 14.9. The van der Waals surface area contributed by atoms with Gasteiger partial charge >= 0.3 is 0 Å². The van der Waals surface area contributed by atoms with Crippen molar-refractivity contribution in [2.24, 2.45) is 0 Å². The molecular formula is C20H27O3P. The van der Waals surface area contributed by atoms with Crippen LogP contribution >= 0.6 is 8.03 Å². The van der Waals surface area contributed by atoms with E-state index in [1.807, 2.05) is 6.07 Å². The summed E-state index contributed by atoms with van der Waals surface area (Å²) in [6, 6.07) is 10.1. The molecule has 0 spiro atoms. The molecule has 0 amide bonds. The molecule has 0 bridgehead atoms. The summed E-state index contributed by atoms with van der Waals surface area (Å²) in [5.41, 5.74) is 7.00. The van der Waals surface area contributed by atoms with Gasteiger partial charge in [-0.3, -0.25) is 4.57 Å². The Morgan fingerprint density at radius 3 is 2.21 bits per heavy atom. The van der Waals surface area contributed by atoms with E-state index in [-0.39, 0.29) is 5.92 Å². The molecule has 0 aromatic heterocycles. The maximum atomic E-state index is 10.9. The minimum Gasteiger partial charge on any atom is -0.508 e. The summed E-state index contributed by atoms with van der Waals surface area (Å²) in [6.07, 6.45) is 1.82. The van der Waals surface area contributed by atoms with Gasteiger partial charge in [0.2, 0.25) is 0 Å². The Labute approximate surface area is 145 Å². The van der Waals surface area contributed by atoms with Crippen LogP contribution in [0.15, 0.2) is 30.3 Å². The molecular weight excluding hydrogens is 319 g/mol. The van der Waals surface area contributed by atoms with E-state index in [1.54, 1.807) is 6.07 Å². The second kappa shape index (κ2) is 8.00. The highest BCUT2D eigenvalue weighted by molar-refractivity contribution is 7.37. The van der Waals surface area contributed by atoms with E-state index in [0.29, 0.717) is 18.3 Å². The highest BCUT2D eigenvalue weighted by atomic mass is 31.1. The van der Waals surface area contributed by atoms with Gasteiger partial charge in [0, 0.05) is 6.16 Å². The first-order valence-electron chi connectivity index (χ1n) is 8.40. The Morgan fingerprint density at radius 2 is 1.67 bits per heavy atom. The average molecular weight is 346 g/mol. The molecule has 1 atom stereocenters. The highest BCUT2D eigenvalue weighted by Gasteiger charge is 2.10.